The molecule has 3 aromatic rings. The van der Waals surface area contributed by atoms with Crippen molar-refractivity contribution in [1.82, 2.24) is 0 Å². The minimum absolute atomic E-state index is 0.108. The molecule has 2 amide bonds. The van der Waals surface area contributed by atoms with E-state index in [0.29, 0.717) is 22.6 Å². The van der Waals surface area contributed by atoms with Crippen LogP contribution >= 0.6 is 0 Å². The van der Waals surface area contributed by atoms with Crippen LogP contribution in [0, 0.1) is 0 Å². The van der Waals surface area contributed by atoms with Gasteiger partial charge in [0.05, 0.1) is 5.56 Å². The van der Waals surface area contributed by atoms with Gasteiger partial charge in [0.2, 0.25) is 0 Å². The largest absolute Gasteiger partial charge is 0.504 e. The number of nitrogens with one attached hydrogen (secondary N) is 2. The van der Waals surface area contributed by atoms with Gasteiger partial charge >= 0.3 is 6.03 Å². The molecule has 0 aliphatic carbocycles. The number of ether oxygens (including phenoxy) is 1. The van der Waals surface area contributed by atoms with E-state index in [0.717, 1.165) is 0 Å². The molecule has 2 unspecified atom stereocenters. The zero-order chi connectivity index (χ0) is 22.1. The molecule has 31 heavy (non-hydrogen) atoms. The summed E-state index contributed by atoms with van der Waals surface area (Å²) in [7, 11) is 0. The number of anilines is 3. The number of nitrogen functional groups attached to an aromatic ring is 1. The first-order valence-electron chi connectivity index (χ1n) is 9.30. The number of carbonyl (C=O) groups is 2. The minimum atomic E-state index is -1.53. The third kappa shape index (κ3) is 4.07. The third-order valence-electron chi connectivity index (χ3n) is 4.81. The lowest BCUT2D eigenvalue weighted by Gasteiger charge is -2.30. The molecule has 1 aliphatic heterocycles. The Morgan fingerprint density at radius 3 is 2.29 bits per heavy atom. The quantitative estimate of drug-likeness (QED) is 0.281. The van der Waals surface area contributed by atoms with E-state index in [-0.39, 0.29) is 17.1 Å². The van der Waals surface area contributed by atoms with Crippen molar-refractivity contribution in [3.8, 4) is 17.2 Å². The summed E-state index contributed by atoms with van der Waals surface area (Å²) in [5.41, 5.74) is 7.49. The predicted octanol–water partition coefficient (Wildman–Crippen LogP) is 3.00. The lowest BCUT2D eigenvalue weighted by molar-refractivity contribution is 0.0216. The van der Waals surface area contributed by atoms with Crippen LogP contribution in [0.3, 0.4) is 0 Å². The number of Topliss-reactive ketones (excluding diaryl/α,β-unsaturated/α-hetero) is 1. The number of hydrogen-bond acceptors (Lipinski definition) is 7. The average Bonchev–Trinajstić information content (AvgIpc) is 2.74. The van der Waals surface area contributed by atoms with Crippen LogP contribution < -0.4 is 21.1 Å². The highest BCUT2D eigenvalue weighted by molar-refractivity contribution is 6.05. The van der Waals surface area contributed by atoms with Crippen molar-refractivity contribution in [3.63, 3.8) is 0 Å². The van der Waals surface area contributed by atoms with Gasteiger partial charge in [0.15, 0.2) is 29.5 Å². The van der Waals surface area contributed by atoms with E-state index >= 15 is 0 Å². The first-order valence-corrected chi connectivity index (χ1v) is 9.30. The molecule has 1 aliphatic rings. The van der Waals surface area contributed by atoms with Crippen molar-refractivity contribution in [2.24, 2.45) is 0 Å². The van der Waals surface area contributed by atoms with E-state index in [1.165, 1.54) is 30.3 Å². The fourth-order valence-electron chi connectivity index (χ4n) is 3.23. The van der Waals surface area contributed by atoms with Crippen LogP contribution in [-0.2, 0) is 0 Å². The van der Waals surface area contributed by atoms with Crippen molar-refractivity contribution >= 4 is 28.9 Å². The smallest absolute Gasteiger partial charge is 0.323 e. The molecule has 9 nitrogen and oxygen atoms in total. The summed E-state index contributed by atoms with van der Waals surface area (Å²) >= 11 is 0. The Kier molecular flexibility index (Phi) is 5.10. The summed E-state index contributed by atoms with van der Waals surface area (Å²) in [5, 5.41) is 34.9. The zero-order valence-electron chi connectivity index (χ0n) is 16.1. The number of rotatable bonds is 3. The molecule has 0 saturated heterocycles. The fraction of sp³-hybridized carbons (Fsp3) is 0.0909. The molecule has 9 heteroatoms. The molecule has 0 fully saturated rings. The predicted molar refractivity (Wildman–Crippen MR) is 113 cm³/mol. The third-order valence-corrected chi connectivity index (χ3v) is 4.81. The molecule has 3 aromatic carbocycles. The number of phenols is 2. The van der Waals surface area contributed by atoms with Crippen molar-refractivity contribution < 1.29 is 29.6 Å². The number of aliphatic hydroxyl groups excluding tert-OH is 1. The van der Waals surface area contributed by atoms with Gasteiger partial charge in [-0.1, -0.05) is 6.07 Å². The first-order chi connectivity index (χ1) is 14.8. The van der Waals surface area contributed by atoms with Gasteiger partial charge in [0.1, 0.15) is 5.75 Å². The number of ketones is 1. The van der Waals surface area contributed by atoms with Gasteiger partial charge in [0, 0.05) is 17.1 Å². The molecule has 0 radical (unpaired) electrons. The molecular weight excluding hydrogens is 402 g/mol. The van der Waals surface area contributed by atoms with E-state index in [2.05, 4.69) is 10.6 Å². The Labute approximate surface area is 176 Å². The number of aromatic hydroxyl groups is 2. The molecule has 4 rings (SSSR count). The van der Waals surface area contributed by atoms with Crippen LogP contribution in [-0.4, -0.2) is 33.2 Å². The van der Waals surface area contributed by atoms with Gasteiger partial charge in [0.25, 0.3) is 0 Å². The van der Waals surface area contributed by atoms with Gasteiger partial charge in [-0.15, -0.1) is 0 Å². The number of fused-ring (bicyclic) bond motifs is 1. The molecule has 0 aromatic heterocycles. The first kappa shape index (κ1) is 20.0. The van der Waals surface area contributed by atoms with Crippen molar-refractivity contribution in [1.29, 1.82) is 0 Å². The average molecular weight is 421 g/mol. The second-order valence-electron chi connectivity index (χ2n) is 7.01. The number of nitrogens with two attached hydrogens (primary N) is 1. The maximum Gasteiger partial charge on any atom is 0.323 e. The lowest BCUT2D eigenvalue weighted by Crippen LogP contribution is -2.36. The molecular formula is C22H19N3O6. The lowest BCUT2D eigenvalue weighted by atomic mass is 9.93. The van der Waals surface area contributed by atoms with Crippen LogP contribution in [0.4, 0.5) is 21.9 Å². The number of aliphatic hydroxyl groups is 1. The molecule has 7 N–H and O–H groups in total. The molecule has 0 spiro atoms. The van der Waals surface area contributed by atoms with Gasteiger partial charge in [-0.2, -0.15) is 0 Å². The highest BCUT2D eigenvalue weighted by atomic mass is 16.5. The summed E-state index contributed by atoms with van der Waals surface area (Å²) in [6, 6.07) is 14.5. The molecule has 158 valence electrons. The highest BCUT2D eigenvalue weighted by Crippen LogP contribution is 2.38. The molecule has 1 heterocycles. The topological polar surface area (TPSA) is 154 Å². The van der Waals surface area contributed by atoms with Crippen LogP contribution in [0.5, 0.6) is 17.2 Å². The van der Waals surface area contributed by atoms with Gasteiger partial charge in [-0.3, -0.25) is 4.79 Å². The summed E-state index contributed by atoms with van der Waals surface area (Å²) in [6.07, 6.45) is -2.59. The van der Waals surface area contributed by atoms with Crippen LogP contribution in [0.2, 0.25) is 0 Å². The van der Waals surface area contributed by atoms with Crippen LogP contribution in [0.25, 0.3) is 0 Å². The van der Waals surface area contributed by atoms with Gasteiger partial charge in [-0.25, -0.2) is 4.79 Å². The number of amides is 2. The van der Waals surface area contributed by atoms with Gasteiger partial charge < -0.3 is 36.4 Å². The minimum Gasteiger partial charge on any atom is -0.504 e. The SMILES string of the molecule is Nc1ccc(NC(=O)Nc2ccc3c(c2)C(=O)C(O)C(c2ccc(O)c(O)c2)O3)cc1. The Balaban J connectivity index is 1.52. The number of hydrogen-bond donors (Lipinski definition) is 6. The van der Waals surface area contributed by atoms with Gasteiger partial charge in [-0.05, 0) is 60.2 Å². The number of benzene rings is 3. The maximum atomic E-state index is 12.7. The Bertz CT molecular complexity index is 1160. The Morgan fingerprint density at radius 1 is 0.903 bits per heavy atom. The number of urea groups is 1. The Morgan fingerprint density at radius 2 is 1.58 bits per heavy atom. The molecule has 2 atom stereocenters. The van der Waals surface area contributed by atoms with E-state index in [1.54, 1.807) is 30.3 Å². The van der Waals surface area contributed by atoms with E-state index in [1.807, 2.05) is 0 Å². The van der Waals surface area contributed by atoms with E-state index in [4.69, 9.17) is 10.5 Å². The zero-order valence-corrected chi connectivity index (χ0v) is 16.1. The van der Waals surface area contributed by atoms with Crippen LogP contribution in [0.1, 0.15) is 22.0 Å². The van der Waals surface area contributed by atoms with E-state index in [9.17, 15) is 24.9 Å². The normalized spacial score (nSPS) is 17.4. The summed E-state index contributed by atoms with van der Waals surface area (Å²) in [6.45, 7) is 0. The second kappa shape index (κ2) is 7.88. The van der Waals surface area contributed by atoms with Crippen molar-refractivity contribution in [2.45, 2.75) is 12.2 Å². The van der Waals surface area contributed by atoms with E-state index < -0.39 is 29.8 Å². The number of carbonyl (C=O) groups excluding carboxylic acids is 2. The Hall–Kier alpha value is -4.24. The molecule has 0 saturated carbocycles. The van der Waals surface area contributed by atoms with Crippen molar-refractivity contribution in [2.75, 3.05) is 16.4 Å². The molecule has 0 bridgehead atoms. The maximum absolute atomic E-state index is 12.7. The number of phenolic OH excluding ortho intramolecular Hbond substituents is 2. The fourth-order valence-corrected chi connectivity index (χ4v) is 3.23. The summed E-state index contributed by atoms with van der Waals surface area (Å²) in [5.74, 6) is -1.09. The monoisotopic (exact) mass is 421 g/mol. The highest BCUT2D eigenvalue weighted by Gasteiger charge is 2.37. The van der Waals surface area contributed by atoms with Crippen molar-refractivity contribution in [3.05, 3.63) is 71.8 Å². The summed E-state index contributed by atoms with van der Waals surface area (Å²) in [4.78, 5) is 24.9. The summed E-state index contributed by atoms with van der Waals surface area (Å²) < 4.78 is 5.76. The second-order valence-corrected chi connectivity index (χ2v) is 7.01. The van der Waals surface area contributed by atoms with Crippen LogP contribution in [0.15, 0.2) is 60.7 Å². The standard InChI is InChI=1S/C22H19N3O6/c23-12-2-4-13(5-3-12)24-22(30)25-14-6-8-18-15(10-14)19(28)20(29)21(31-18)11-1-7-16(26)17(27)9-11/h1-10,20-21,26-27,29H,23H2,(H2,24,25,30).